The van der Waals surface area contributed by atoms with Crippen molar-refractivity contribution in [1.82, 2.24) is 5.32 Å². The molecule has 0 saturated carbocycles. The van der Waals surface area contributed by atoms with Crippen molar-refractivity contribution in [2.45, 2.75) is 38.8 Å². The molecule has 0 spiro atoms. The summed E-state index contributed by atoms with van der Waals surface area (Å²) in [6, 6.07) is 12.4. The Bertz CT molecular complexity index is 973. The summed E-state index contributed by atoms with van der Waals surface area (Å²) < 4.78 is 39.5. The van der Waals surface area contributed by atoms with Gasteiger partial charge in [-0.05, 0) is 56.0 Å². The summed E-state index contributed by atoms with van der Waals surface area (Å²) in [6.45, 7) is 3.83. The van der Waals surface area contributed by atoms with Gasteiger partial charge in [-0.1, -0.05) is 24.3 Å². The zero-order valence-corrected chi connectivity index (χ0v) is 18.2. The van der Waals surface area contributed by atoms with Crippen LogP contribution in [0.2, 0.25) is 0 Å². The van der Waals surface area contributed by atoms with E-state index in [0.29, 0.717) is 0 Å². The molecule has 8 heteroatoms. The van der Waals surface area contributed by atoms with Crippen LogP contribution >= 0.6 is 0 Å². The van der Waals surface area contributed by atoms with Crippen molar-refractivity contribution in [2.24, 2.45) is 0 Å². The zero-order valence-electron chi connectivity index (χ0n) is 17.3. The summed E-state index contributed by atoms with van der Waals surface area (Å²) in [5.74, 6) is -1.19. The molecule has 0 aliphatic carbocycles. The third-order valence-electron chi connectivity index (χ3n) is 5.30. The molecule has 162 valence electrons. The molecule has 1 heterocycles. The van der Waals surface area contributed by atoms with E-state index in [1.165, 1.54) is 56.1 Å². The van der Waals surface area contributed by atoms with Crippen LogP contribution in [0.3, 0.4) is 0 Å². The minimum Gasteiger partial charge on any atom is -0.372 e. The topological polar surface area (TPSA) is 69.7 Å². The molecule has 1 atom stereocenters. The quantitative estimate of drug-likeness (QED) is 0.728. The van der Waals surface area contributed by atoms with E-state index in [1.54, 1.807) is 0 Å². The maximum Gasteiger partial charge on any atom is 0.243 e. The highest BCUT2D eigenvalue weighted by molar-refractivity contribution is 7.92. The van der Waals surface area contributed by atoms with Gasteiger partial charge in [-0.2, -0.15) is 0 Å². The lowest BCUT2D eigenvalue weighted by Gasteiger charge is -2.29. The number of sulfonamides is 1. The number of nitrogens with zero attached hydrogens (tertiary/aromatic N) is 2. The summed E-state index contributed by atoms with van der Waals surface area (Å²) >= 11 is 0. The monoisotopic (exact) mass is 433 g/mol. The molecular formula is C22H28FN3O3S. The Morgan fingerprint density at radius 2 is 1.73 bits per heavy atom. The molecular weight excluding hydrogens is 405 g/mol. The molecule has 0 unspecified atom stereocenters. The molecule has 1 aliphatic rings. The highest BCUT2D eigenvalue weighted by Crippen LogP contribution is 2.24. The van der Waals surface area contributed by atoms with E-state index < -0.39 is 27.8 Å². The molecule has 2 aromatic carbocycles. The molecule has 1 amide bonds. The van der Waals surface area contributed by atoms with E-state index in [1.807, 2.05) is 24.3 Å². The molecule has 0 bridgehead atoms. The van der Waals surface area contributed by atoms with Crippen LogP contribution < -0.4 is 14.5 Å². The second-order valence-electron chi connectivity index (χ2n) is 7.62. The number of rotatable bonds is 7. The SMILES string of the molecule is C[C@@H](C(=O)NCc1ccc(N2CCCCC2)cc1)N(c1ccccc1F)S(C)(=O)=O. The molecule has 0 aromatic heterocycles. The molecule has 1 N–H and O–H groups in total. The predicted molar refractivity (Wildman–Crippen MR) is 118 cm³/mol. The second-order valence-corrected chi connectivity index (χ2v) is 9.48. The van der Waals surface area contributed by atoms with Crippen molar-refractivity contribution < 1.29 is 17.6 Å². The van der Waals surface area contributed by atoms with E-state index in [-0.39, 0.29) is 12.2 Å². The molecule has 2 aromatic rings. The normalized spacial score (nSPS) is 15.5. The van der Waals surface area contributed by atoms with Crippen LogP contribution in [-0.2, 0) is 21.4 Å². The lowest BCUT2D eigenvalue weighted by molar-refractivity contribution is -0.122. The Hall–Kier alpha value is -2.61. The highest BCUT2D eigenvalue weighted by atomic mass is 32.2. The van der Waals surface area contributed by atoms with Gasteiger partial charge in [0.25, 0.3) is 0 Å². The van der Waals surface area contributed by atoms with E-state index in [2.05, 4.69) is 10.2 Å². The van der Waals surface area contributed by atoms with Gasteiger partial charge in [-0.15, -0.1) is 0 Å². The summed E-state index contributed by atoms with van der Waals surface area (Å²) in [5.41, 5.74) is 1.93. The Balaban J connectivity index is 1.66. The number of hydrogen-bond acceptors (Lipinski definition) is 4. The first-order valence-electron chi connectivity index (χ1n) is 10.1. The number of benzene rings is 2. The number of carbonyl (C=O) groups is 1. The predicted octanol–water partition coefficient (Wildman–Crippen LogP) is 3.29. The Morgan fingerprint density at radius 1 is 1.10 bits per heavy atom. The summed E-state index contributed by atoms with van der Waals surface area (Å²) in [5, 5.41) is 2.76. The summed E-state index contributed by atoms with van der Waals surface area (Å²) in [4.78, 5) is 15.0. The zero-order chi connectivity index (χ0) is 21.7. The Labute approximate surface area is 177 Å². The summed E-state index contributed by atoms with van der Waals surface area (Å²) in [7, 11) is -3.86. The molecule has 1 aliphatic heterocycles. The highest BCUT2D eigenvalue weighted by Gasteiger charge is 2.30. The average molecular weight is 434 g/mol. The number of para-hydroxylation sites is 1. The largest absolute Gasteiger partial charge is 0.372 e. The molecule has 0 radical (unpaired) electrons. The average Bonchev–Trinajstić information content (AvgIpc) is 2.73. The first-order valence-corrected chi connectivity index (χ1v) is 12.0. The van der Waals surface area contributed by atoms with Crippen molar-refractivity contribution in [3.05, 3.63) is 59.9 Å². The third-order valence-corrected chi connectivity index (χ3v) is 6.53. The number of hydrogen-bond donors (Lipinski definition) is 1. The second kappa shape index (κ2) is 9.47. The maximum absolute atomic E-state index is 14.2. The first-order chi connectivity index (χ1) is 14.3. The van der Waals surface area contributed by atoms with Gasteiger partial charge in [-0.3, -0.25) is 9.10 Å². The van der Waals surface area contributed by atoms with Crippen molar-refractivity contribution in [2.75, 3.05) is 28.6 Å². The van der Waals surface area contributed by atoms with E-state index in [4.69, 9.17) is 0 Å². The van der Waals surface area contributed by atoms with Crippen molar-refractivity contribution in [3.63, 3.8) is 0 Å². The van der Waals surface area contributed by atoms with Gasteiger partial charge < -0.3 is 10.2 Å². The molecule has 6 nitrogen and oxygen atoms in total. The molecule has 1 saturated heterocycles. The molecule has 30 heavy (non-hydrogen) atoms. The fourth-order valence-corrected chi connectivity index (χ4v) is 4.90. The van der Waals surface area contributed by atoms with Crippen LogP contribution in [-0.4, -0.2) is 39.7 Å². The van der Waals surface area contributed by atoms with Gasteiger partial charge in [0.1, 0.15) is 11.9 Å². The van der Waals surface area contributed by atoms with Crippen LogP contribution in [0, 0.1) is 5.82 Å². The van der Waals surface area contributed by atoms with E-state index in [0.717, 1.165) is 29.2 Å². The van der Waals surface area contributed by atoms with Gasteiger partial charge in [-0.25, -0.2) is 12.8 Å². The molecule has 1 fully saturated rings. The number of piperidine rings is 1. The van der Waals surface area contributed by atoms with Gasteiger partial charge >= 0.3 is 0 Å². The summed E-state index contributed by atoms with van der Waals surface area (Å²) in [6.07, 6.45) is 4.64. The maximum atomic E-state index is 14.2. The van der Waals surface area contributed by atoms with Crippen LogP contribution in [0.4, 0.5) is 15.8 Å². The minimum atomic E-state index is -3.86. The number of anilines is 2. The number of carbonyl (C=O) groups excluding carboxylic acids is 1. The van der Waals surface area contributed by atoms with Crippen LogP contribution in [0.25, 0.3) is 0 Å². The van der Waals surface area contributed by atoms with Gasteiger partial charge in [0.05, 0.1) is 11.9 Å². The smallest absolute Gasteiger partial charge is 0.243 e. The number of amides is 1. The third kappa shape index (κ3) is 5.30. The Kier molecular flexibility index (Phi) is 6.97. The standard InChI is InChI=1S/C22H28FN3O3S/c1-17(26(30(2,28)29)21-9-5-4-8-20(21)23)22(27)24-16-18-10-12-19(13-11-18)25-14-6-3-7-15-25/h4-5,8-13,17H,3,6-7,14-16H2,1-2H3,(H,24,27)/t17-/m0/s1. The van der Waals surface area contributed by atoms with Crippen molar-refractivity contribution in [3.8, 4) is 0 Å². The van der Waals surface area contributed by atoms with Crippen molar-refractivity contribution >= 4 is 27.3 Å². The van der Waals surface area contributed by atoms with Crippen LogP contribution in [0.1, 0.15) is 31.7 Å². The lowest BCUT2D eigenvalue weighted by atomic mass is 10.1. The van der Waals surface area contributed by atoms with E-state index >= 15 is 0 Å². The number of nitrogens with one attached hydrogen (secondary N) is 1. The van der Waals surface area contributed by atoms with E-state index in [9.17, 15) is 17.6 Å². The fourth-order valence-electron chi connectivity index (χ4n) is 3.73. The van der Waals surface area contributed by atoms with Gasteiger partial charge in [0.15, 0.2) is 0 Å². The van der Waals surface area contributed by atoms with Crippen LogP contribution in [0.5, 0.6) is 0 Å². The van der Waals surface area contributed by atoms with Crippen LogP contribution in [0.15, 0.2) is 48.5 Å². The first kappa shape index (κ1) is 22.1. The number of halogens is 1. The fraction of sp³-hybridized carbons (Fsp3) is 0.409. The van der Waals surface area contributed by atoms with Gasteiger partial charge in [0.2, 0.25) is 15.9 Å². The molecule has 3 rings (SSSR count). The lowest BCUT2D eigenvalue weighted by Crippen LogP contribution is -2.48. The minimum absolute atomic E-state index is 0.145. The van der Waals surface area contributed by atoms with Crippen molar-refractivity contribution in [1.29, 1.82) is 0 Å². The van der Waals surface area contributed by atoms with Gasteiger partial charge in [0, 0.05) is 25.3 Å². The Morgan fingerprint density at radius 3 is 2.33 bits per heavy atom.